The second-order valence-corrected chi connectivity index (χ2v) is 3.14. The molecule has 2 atom stereocenters. The molecule has 2 radical (unpaired) electrons. The van der Waals surface area contributed by atoms with Gasteiger partial charge in [-0.05, 0) is 0 Å². The summed E-state index contributed by atoms with van der Waals surface area (Å²) in [5.41, 5.74) is 0. The maximum absolute atomic E-state index is 10.6. The third-order valence-electron chi connectivity index (χ3n) is 1.76. The van der Waals surface area contributed by atoms with Gasteiger partial charge in [-0.3, -0.25) is 24.5 Å². The third kappa shape index (κ3) is 11.4. The van der Waals surface area contributed by atoms with Gasteiger partial charge in [0.2, 0.25) is 0 Å². The Morgan fingerprint density at radius 2 is 1.00 bits per heavy atom. The van der Waals surface area contributed by atoms with Crippen LogP contribution in [0.4, 0.5) is 0 Å². The van der Waals surface area contributed by atoms with Crippen molar-refractivity contribution >= 4 is 83.0 Å². The summed E-state index contributed by atoms with van der Waals surface area (Å²) in [5.74, 6) is -6.01. The van der Waals surface area contributed by atoms with Crippen LogP contribution in [0.15, 0.2) is 0 Å². The minimum absolute atomic E-state index is 0. The molecule has 19 heavy (non-hydrogen) atoms. The molecular weight excluding hydrogens is 284 g/mol. The Morgan fingerprint density at radius 1 is 0.737 bits per heavy atom. The van der Waals surface area contributed by atoms with Gasteiger partial charge in [0.1, 0.15) is 12.1 Å². The van der Waals surface area contributed by atoms with Crippen LogP contribution in [-0.2, 0) is 19.2 Å². The SMILES string of the molecule is O=C(O)CC(NC(CC(=O)O)C(=O)O)C(=O)O.[Na].[Na]. The van der Waals surface area contributed by atoms with E-state index in [-0.39, 0.29) is 59.1 Å². The van der Waals surface area contributed by atoms with Crippen LogP contribution in [0.3, 0.4) is 0 Å². The summed E-state index contributed by atoms with van der Waals surface area (Å²) in [6.07, 6.45) is -1.70. The van der Waals surface area contributed by atoms with Crippen molar-refractivity contribution < 1.29 is 39.6 Å². The number of carboxylic acids is 4. The molecule has 0 bridgehead atoms. The largest absolute Gasteiger partial charge is 0.481 e. The zero-order valence-electron chi connectivity index (χ0n) is 10.5. The van der Waals surface area contributed by atoms with Crippen molar-refractivity contribution in [2.45, 2.75) is 24.9 Å². The fourth-order valence-electron chi connectivity index (χ4n) is 1.03. The van der Waals surface area contributed by atoms with Gasteiger partial charge in [-0.2, -0.15) is 0 Å². The Morgan fingerprint density at radius 3 is 1.16 bits per heavy atom. The van der Waals surface area contributed by atoms with Crippen molar-refractivity contribution in [3.05, 3.63) is 0 Å². The molecule has 0 aliphatic rings. The summed E-state index contributed by atoms with van der Waals surface area (Å²) in [6.45, 7) is 0. The monoisotopic (exact) mass is 295 g/mol. The van der Waals surface area contributed by atoms with Gasteiger partial charge < -0.3 is 20.4 Å². The number of nitrogens with one attached hydrogen (secondary N) is 1. The van der Waals surface area contributed by atoms with Gasteiger partial charge in [0.15, 0.2) is 0 Å². The molecular formula is C8H11NNa2O8. The Bertz CT molecular complexity index is 316. The second kappa shape index (κ2) is 11.6. The quantitative estimate of drug-likeness (QED) is 0.309. The van der Waals surface area contributed by atoms with Crippen LogP contribution in [0.2, 0.25) is 0 Å². The number of carboxylic acid groups (broad SMARTS) is 4. The number of hydrogen-bond donors (Lipinski definition) is 5. The van der Waals surface area contributed by atoms with Crippen molar-refractivity contribution in [2.75, 3.05) is 0 Å². The van der Waals surface area contributed by atoms with E-state index in [9.17, 15) is 19.2 Å². The van der Waals surface area contributed by atoms with Crippen molar-refractivity contribution in [1.82, 2.24) is 5.32 Å². The first-order valence-corrected chi connectivity index (χ1v) is 4.39. The summed E-state index contributed by atoms with van der Waals surface area (Å²) < 4.78 is 0. The van der Waals surface area contributed by atoms with Crippen LogP contribution in [0.5, 0.6) is 0 Å². The van der Waals surface area contributed by atoms with E-state index in [1.165, 1.54) is 0 Å². The number of aliphatic carboxylic acids is 4. The van der Waals surface area contributed by atoms with Crippen molar-refractivity contribution in [3.63, 3.8) is 0 Å². The van der Waals surface area contributed by atoms with E-state index >= 15 is 0 Å². The Labute approximate surface area is 151 Å². The zero-order valence-corrected chi connectivity index (χ0v) is 14.5. The maximum atomic E-state index is 10.6. The molecule has 9 nitrogen and oxygen atoms in total. The average molecular weight is 295 g/mol. The standard InChI is InChI=1S/C8H11NO8.2Na/c10-5(11)1-3(7(14)15)9-4(8(16)17)2-6(12)13;;/h3-4,9H,1-2H2,(H,10,11)(H,12,13)(H,14,15)(H,16,17);;. The van der Waals surface area contributed by atoms with Crippen molar-refractivity contribution in [1.29, 1.82) is 0 Å². The molecule has 11 heteroatoms. The minimum Gasteiger partial charge on any atom is -0.481 e. The molecule has 0 saturated carbocycles. The summed E-state index contributed by atoms with van der Waals surface area (Å²) in [5, 5.41) is 36.0. The fraction of sp³-hybridized carbons (Fsp3) is 0.500. The molecule has 0 aromatic rings. The smallest absolute Gasteiger partial charge is 0.321 e. The summed E-state index contributed by atoms with van der Waals surface area (Å²) in [7, 11) is 0. The molecule has 0 aliphatic carbocycles. The average Bonchev–Trinajstić information content (AvgIpc) is 2.13. The minimum atomic E-state index is -1.66. The molecule has 98 valence electrons. The van der Waals surface area contributed by atoms with Crippen molar-refractivity contribution in [2.24, 2.45) is 0 Å². The molecule has 0 amide bonds. The molecule has 0 saturated heterocycles. The van der Waals surface area contributed by atoms with Gasteiger partial charge in [-0.1, -0.05) is 0 Å². The van der Waals surface area contributed by atoms with E-state index in [2.05, 4.69) is 0 Å². The molecule has 5 N–H and O–H groups in total. The molecule has 0 aliphatic heterocycles. The van der Waals surface area contributed by atoms with E-state index in [0.717, 1.165) is 0 Å². The fourth-order valence-corrected chi connectivity index (χ4v) is 1.03. The van der Waals surface area contributed by atoms with Gasteiger partial charge >= 0.3 is 23.9 Å². The second-order valence-electron chi connectivity index (χ2n) is 3.14. The van der Waals surface area contributed by atoms with E-state index in [0.29, 0.717) is 0 Å². The summed E-state index contributed by atoms with van der Waals surface area (Å²) in [4.78, 5) is 41.9. The molecule has 0 rings (SSSR count). The third-order valence-corrected chi connectivity index (χ3v) is 1.76. The van der Waals surface area contributed by atoms with Gasteiger partial charge in [-0.15, -0.1) is 0 Å². The van der Waals surface area contributed by atoms with Crippen LogP contribution in [0.1, 0.15) is 12.8 Å². The van der Waals surface area contributed by atoms with Crippen LogP contribution in [0.25, 0.3) is 0 Å². The summed E-state index contributed by atoms with van der Waals surface area (Å²) in [6, 6.07) is -3.32. The molecule has 0 fully saturated rings. The predicted molar refractivity (Wildman–Crippen MR) is 62.0 cm³/mol. The molecule has 2 unspecified atom stereocenters. The zero-order chi connectivity index (χ0) is 13.6. The van der Waals surface area contributed by atoms with Crippen LogP contribution >= 0.6 is 0 Å². The topological polar surface area (TPSA) is 161 Å². The number of carbonyl (C=O) groups is 4. The van der Waals surface area contributed by atoms with E-state index in [1.54, 1.807) is 0 Å². The first kappa shape index (κ1) is 23.9. The Balaban J connectivity index is -0.00000128. The van der Waals surface area contributed by atoms with E-state index in [4.69, 9.17) is 20.4 Å². The normalized spacial score (nSPS) is 12.2. The predicted octanol–water partition coefficient (Wildman–Crippen LogP) is -2.33. The molecule has 0 heterocycles. The molecule has 0 aromatic heterocycles. The molecule has 0 spiro atoms. The van der Waals surface area contributed by atoms with Gasteiger partial charge in [0.25, 0.3) is 0 Å². The Kier molecular flexibility index (Phi) is 14.7. The van der Waals surface area contributed by atoms with Crippen LogP contribution in [0, 0.1) is 0 Å². The first-order valence-electron chi connectivity index (χ1n) is 4.39. The molecule has 0 aromatic carbocycles. The number of hydrogen-bond acceptors (Lipinski definition) is 5. The van der Waals surface area contributed by atoms with Crippen LogP contribution < -0.4 is 5.32 Å². The number of rotatable bonds is 8. The van der Waals surface area contributed by atoms with Gasteiger partial charge in [0.05, 0.1) is 12.8 Å². The van der Waals surface area contributed by atoms with Crippen molar-refractivity contribution in [3.8, 4) is 0 Å². The van der Waals surface area contributed by atoms with E-state index < -0.39 is 48.8 Å². The Hall–Kier alpha value is -0.160. The van der Waals surface area contributed by atoms with Gasteiger partial charge in [0, 0.05) is 59.1 Å². The maximum Gasteiger partial charge on any atom is 0.321 e. The van der Waals surface area contributed by atoms with Gasteiger partial charge in [-0.25, -0.2) is 0 Å². The van der Waals surface area contributed by atoms with Crippen LogP contribution in [-0.4, -0.2) is 116 Å². The summed E-state index contributed by atoms with van der Waals surface area (Å²) >= 11 is 0. The first-order chi connectivity index (χ1) is 7.73. The van der Waals surface area contributed by atoms with E-state index in [1.807, 2.05) is 5.32 Å².